The lowest BCUT2D eigenvalue weighted by Crippen LogP contribution is -2.24. The van der Waals surface area contributed by atoms with Crippen molar-refractivity contribution in [1.82, 2.24) is 0 Å². The van der Waals surface area contributed by atoms with E-state index >= 15 is 0 Å². The third kappa shape index (κ3) is 3.13. The largest absolute Gasteiger partial charge is 0.391 e. The van der Waals surface area contributed by atoms with Gasteiger partial charge in [-0.3, -0.25) is 0 Å². The van der Waals surface area contributed by atoms with Gasteiger partial charge in [-0.1, -0.05) is 12.1 Å². The monoisotopic (exact) mass is 184 g/mol. The molecule has 2 N–H and O–H groups in total. The lowest BCUT2D eigenvalue weighted by Gasteiger charge is -2.12. The van der Waals surface area contributed by atoms with Crippen molar-refractivity contribution in [1.29, 1.82) is 0 Å². The van der Waals surface area contributed by atoms with Crippen molar-refractivity contribution >= 4 is 0 Å². The molecule has 0 fully saturated rings. The highest BCUT2D eigenvalue weighted by Crippen LogP contribution is 2.07. The number of benzene rings is 1. The quantitative estimate of drug-likeness (QED) is 0.738. The van der Waals surface area contributed by atoms with Gasteiger partial charge < -0.3 is 10.2 Å². The molecule has 13 heavy (non-hydrogen) atoms. The summed E-state index contributed by atoms with van der Waals surface area (Å²) in [6.07, 6.45) is -1.20. The normalized spacial score (nSPS) is 15.4. The first kappa shape index (κ1) is 10.2. The van der Waals surface area contributed by atoms with Gasteiger partial charge in [0.25, 0.3) is 0 Å². The van der Waals surface area contributed by atoms with Gasteiger partial charge in [0.05, 0.1) is 12.2 Å². The minimum atomic E-state index is -0.787. The topological polar surface area (TPSA) is 40.5 Å². The summed E-state index contributed by atoms with van der Waals surface area (Å²) >= 11 is 0. The second-order valence-electron chi connectivity index (χ2n) is 3.14. The fourth-order valence-electron chi connectivity index (χ4n) is 1.03. The maximum Gasteiger partial charge on any atom is 0.123 e. The SMILES string of the molecule is CC(O)C(O)Cc1ccc(F)cc1. The molecular formula is C10H13FO2. The number of aliphatic hydroxyl groups is 2. The zero-order valence-corrected chi connectivity index (χ0v) is 7.44. The molecular weight excluding hydrogens is 171 g/mol. The predicted octanol–water partition coefficient (Wildman–Crippen LogP) is 1.11. The highest BCUT2D eigenvalue weighted by Gasteiger charge is 2.10. The van der Waals surface area contributed by atoms with Gasteiger partial charge in [-0.2, -0.15) is 0 Å². The van der Waals surface area contributed by atoms with Crippen LogP contribution in [0.1, 0.15) is 12.5 Å². The summed E-state index contributed by atoms with van der Waals surface area (Å²) in [5.41, 5.74) is 0.815. The Morgan fingerprint density at radius 2 is 1.77 bits per heavy atom. The zero-order chi connectivity index (χ0) is 9.84. The Kier molecular flexibility index (Phi) is 3.39. The van der Waals surface area contributed by atoms with Crippen molar-refractivity contribution in [3.63, 3.8) is 0 Å². The van der Waals surface area contributed by atoms with Crippen LogP contribution in [0.15, 0.2) is 24.3 Å². The molecule has 0 spiro atoms. The molecule has 0 aliphatic heterocycles. The van der Waals surface area contributed by atoms with Crippen LogP contribution in [0, 0.1) is 5.82 Å². The fourth-order valence-corrected chi connectivity index (χ4v) is 1.03. The summed E-state index contributed by atoms with van der Waals surface area (Å²) in [4.78, 5) is 0. The molecule has 0 aliphatic carbocycles. The number of aliphatic hydroxyl groups excluding tert-OH is 2. The lowest BCUT2D eigenvalue weighted by molar-refractivity contribution is 0.0319. The van der Waals surface area contributed by atoms with E-state index in [0.717, 1.165) is 5.56 Å². The lowest BCUT2D eigenvalue weighted by atomic mass is 10.1. The summed E-state index contributed by atoms with van der Waals surface area (Å²) in [6.45, 7) is 1.52. The van der Waals surface area contributed by atoms with Gasteiger partial charge in [0.2, 0.25) is 0 Å². The molecule has 3 heteroatoms. The molecule has 0 radical (unpaired) electrons. The predicted molar refractivity (Wildman–Crippen MR) is 47.8 cm³/mol. The zero-order valence-electron chi connectivity index (χ0n) is 7.44. The molecule has 1 rings (SSSR count). The average Bonchev–Trinajstić information content (AvgIpc) is 2.08. The van der Waals surface area contributed by atoms with Crippen molar-refractivity contribution < 1.29 is 14.6 Å². The van der Waals surface area contributed by atoms with Crippen LogP contribution in [0.5, 0.6) is 0 Å². The van der Waals surface area contributed by atoms with Crippen LogP contribution in [0.2, 0.25) is 0 Å². The van der Waals surface area contributed by atoms with E-state index in [4.69, 9.17) is 5.11 Å². The minimum Gasteiger partial charge on any atom is -0.391 e. The van der Waals surface area contributed by atoms with Crippen LogP contribution >= 0.6 is 0 Å². The van der Waals surface area contributed by atoms with E-state index in [9.17, 15) is 9.50 Å². The molecule has 0 saturated heterocycles. The number of hydrogen-bond acceptors (Lipinski definition) is 2. The first-order valence-corrected chi connectivity index (χ1v) is 4.20. The van der Waals surface area contributed by atoms with Gasteiger partial charge in [0, 0.05) is 6.42 Å². The highest BCUT2D eigenvalue weighted by molar-refractivity contribution is 5.16. The van der Waals surface area contributed by atoms with Gasteiger partial charge in [0.1, 0.15) is 5.82 Å². The summed E-state index contributed by atoms with van der Waals surface area (Å²) in [6, 6.07) is 5.87. The number of hydrogen-bond donors (Lipinski definition) is 2. The maximum absolute atomic E-state index is 12.5. The molecule has 0 saturated carbocycles. The van der Waals surface area contributed by atoms with Gasteiger partial charge >= 0.3 is 0 Å². The Bertz CT molecular complexity index is 256. The molecule has 2 nitrogen and oxygen atoms in total. The molecule has 0 amide bonds. The van der Waals surface area contributed by atoms with Crippen LogP contribution in [0.3, 0.4) is 0 Å². The average molecular weight is 184 g/mol. The minimum absolute atomic E-state index is 0.296. The number of halogens is 1. The van der Waals surface area contributed by atoms with Gasteiger partial charge in [-0.15, -0.1) is 0 Å². The van der Waals surface area contributed by atoms with Crippen LogP contribution in [-0.4, -0.2) is 22.4 Å². The van der Waals surface area contributed by atoms with Crippen LogP contribution in [-0.2, 0) is 6.42 Å². The first-order chi connectivity index (χ1) is 6.09. The summed E-state index contributed by atoms with van der Waals surface area (Å²) < 4.78 is 12.5. The molecule has 1 aromatic carbocycles. The van der Waals surface area contributed by atoms with Crippen molar-refractivity contribution in [3.05, 3.63) is 35.6 Å². The first-order valence-electron chi connectivity index (χ1n) is 4.20. The third-order valence-corrected chi connectivity index (χ3v) is 1.91. The van der Waals surface area contributed by atoms with E-state index < -0.39 is 12.2 Å². The standard InChI is InChI=1S/C10H13FO2/c1-7(12)10(13)6-8-2-4-9(11)5-3-8/h2-5,7,10,12-13H,6H2,1H3. The molecule has 0 bridgehead atoms. The molecule has 2 unspecified atom stereocenters. The Morgan fingerprint density at radius 1 is 1.23 bits per heavy atom. The van der Waals surface area contributed by atoms with Crippen LogP contribution < -0.4 is 0 Å². The molecule has 1 aromatic rings. The summed E-state index contributed by atoms with van der Waals surface area (Å²) in [5.74, 6) is -0.296. The van der Waals surface area contributed by atoms with E-state index in [-0.39, 0.29) is 5.82 Å². The second kappa shape index (κ2) is 4.35. The van der Waals surface area contributed by atoms with Crippen molar-refractivity contribution in [3.8, 4) is 0 Å². The van der Waals surface area contributed by atoms with Crippen LogP contribution in [0.25, 0.3) is 0 Å². The molecule has 0 heterocycles. The maximum atomic E-state index is 12.5. The number of rotatable bonds is 3. The van der Waals surface area contributed by atoms with Gasteiger partial charge in [-0.25, -0.2) is 4.39 Å². The van der Waals surface area contributed by atoms with E-state index in [1.165, 1.54) is 19.1 Å². The Balaban J connectivity index is 2.59. The Hall–Kier alpha value is -0.930. The van der Waals surface area contributed by atoms with Crippen molar-refractivity contribution in [2.24, 2.45) is 0 Å². The van der Waals surface area contributed by atoms with Gasteiger partial charge in [0.15, 0.2) is 0 Å². The summed E-state index contributed by atoms with van der Waals surface area (Å²) in [7, 11) is 0. The van der Waals surface area contributed by atoms with E-state index in [0.29, 0.717) is 6.42 Å². The molecule has 0 aliphatic rings. The van der Waals surface area contributed by atoms with E-state index in [2.05, 4.69) is 0 Å². The molecule has 72 valence electrons. The second-order valence-corrected chi connectivity index (χ2v) is 3.14. The van der Waals surface area contributed by atoms with Crippen molar-refractivity contribution in [2.45, 2.75) is 25.6 Å². The summed E-state index contributed by atoms with van der Waals surface area (Å²) in [5, 5.41) is 18.3. The Morgan fingerprint density at radius 3 is 2.23 bits per heavy atom. The third-order valence-electron chi connectivity index (χ3n) is 1.91. The molecule has 0 aromatic heterocycles. The van der Waals surface area contributed by atoms with Crippen molar-refractivity contribution in [2.75, 3.05) is 0 Å². The fraction of sp³-hybridized carbons (Fsp3) is 0.400. The van der Waals surface area contributed by atoms with E-state index in [1.54, 1.807) is 12.1 Å². The van der Waals surface area contributed by atoms with E-state index in [1.807, 2.05) is 0 Å². The highest BCUT2D eigenvalue weighted by atomic mass is 19.1. The van der Waals surface area contributed by atoms with Gasteiger partial charge in [-0.05, 0) is 24.6 Å². The smallest absolute Gasteiger partial charge is 0.123 e. The van der Waals surface area contributed by atoms with Crippen LogP contribution in [0.4, 0.5) is 4.39 Å². The molecule has 2 atom stereocenters. The Labute approximate surface area is 76.6 Å².